The number of amides is 1. The second kappa shape index (κ2) is 4.78. The van der Waals surface area contributed by atoms with Gasteiger partial charge in [0.2, 0.25) is 0 Å². The summed E-state index contributed by atoms with van der Waals surface area (Å²) in [4.78, 5) is 20.4. The first-order valence-electron chi connectivity index (χ1n) is 5.79. The van der Waals surface area contributed by atoms with Gasteiger partial charge < -0.3 is 5.32 Å². The zero-order valence-electron chi connectivity index (χ0n) is 10.3. The molecule has 0 aliphatic rings. The van der Waals surface area contributed by atoms with Crippen LogP contribution in [0.15, 0.2) is 42.0 Å². The van der Waals surface area contributed by atoms with E-state index in [9.17, 15) is 4.79 Å². The third-order valence-electron chi connectivity index (χ3n) is 2.75. The highest BCUT2D eigenvalue weighted by Crippen LogP contribution is 2.19. The molecule has 2 heterocycles. The Balaban J connectivity index is 1.87. The molecule has 2 aromatic heterocycles. The van der Waals surface area contributed by atoms with E-state index in [4.69, 9.17) is 0 Å². The molecule has 0 bridgehead atoms. The van der Waals surface area contributed by atoms with Crippen molar-refractivity contribution in [3.63, 3.8) is 0 Å². The van der Waals surface area contributed by atoms with Gasteiger partial charge in [0.15, 0.2) is 0 Å². The number of aryl methyl sites for hydroxylation is 1. The fraction of sp³-hybridized carbons (Fsp3) is 0.0714. The Morgan fingerprint density at radius 1 is 1.21 bits per heavy atom. The topological polar surface area (TPSA) is 54.9 Å². The largest absolute Gasteiger partial charge is 0.322 e. The van der Waals surface area contributed by atoms with E-state index < -0.39 is 0 Å². The molecule has 1 N–H and O–H groups in total. The number of fused-ring (bicyclic) bond motifs is 1. The van der Waals surface area contributed by atoms with Crippen molar-refractivity contribution in [3.8, 4) is 0 Å². The summed E-state index contributed by atoms with van der Waals surface area (Å²) in [6.07, 6.45) is 1.68. The van der Waals surface area contributed by atoms with Crippen LogP contribution in [0.25, 0.3) is 10.2 Å². The molecule has 0 saturated heterocycles. The van der Waals surface area contributed by atoms with Crippen LogP contribution >= 0.6 is 11.3 Å². The Labute approximate surface area is 114 Å². The third kappa shape index (κ3) is 2.46. The normalized spacial score (nSPS) is 10.6. The molecule has 0 saturated carbocycles. The number of rotatable bonds is 2. The number of aromatic nitrogens is 2. The van der Waals surface area contributed by atoms with E-state index in [0.29, 0.717) is 5.56 Å². The van der Waals surface area contributed by atoms with E-state index in [-0.39, 0.29) is 5.91 Å². The lowest BCUT2D eigenvalue weighted by molar-refractivity contribution is 0.102. The van der Waals surface area contributed by atoms with Gasteiger partial charge in [-0.05, 0) is 37.3 Å². The van der Waals surface area contributed by atoms with E-state index in [2.05, 4.69) is 15.3 Å². The standard InChI is InChI=1S/C14H11N3OS/c1-9-6-11(4-5-15-9)17-14(18)10-2-3-13-12(7-10)16-8-19-13/h2-8H,1H3,(H,15,17,18). The lowest BCUT2D eigenvalue weighted by Gasteiger charge is -2.05. The highest BCUT2D eigenvalue weighted by molar-refractivity contribution is 7.16. The van der Waals surface area contributed by atoms with Gasteiger partial charge in [0.25, 0.3) is 5.91 Å². The predicted octanol–water partition coefficient (Wildman–Crippen LogP) is 3.25. The molecule has 3 aromatic rings. The molecule has 0 aliphatic heterocycles. The molecule has 0 spiro atoms. The Morgan fingerprint density at radius 3 is 2.95 bits per heavy atom. The van der Waals surface area contributed by atoms with Gasteiger partial charge in [-0.2, -0.15) is 0 Å². The Hall–Kier alpha value is -2.27. The zero-order valence-corrected chi connectivity index (χ0v) is 11.1. The van der Waals surface area contributed by atoms with Crippen molar-refractivity contribution in [1.82, 2.24) is 9.97 Å². The molecule has 1 aromatic carbocycles. The average molecular weight is 269 g/mol. The first-order chi connectivity index (χ1) is 9.22. The van der Waals surface area contributed by atoms with E-state index in [1.807, 2.05) is 25.1 Å². The minimum absolute atomic E-state index is 0.138. The summed E-state index contributed by atoms with van der Waals surface area (Å²) in [6.45, 7) is 1.89. The summed E-state index contributed by atoms with van der Waals surface area (Å²) >= 11 is 1.56. The molecule has 0 fully saturated rings. The minimum atomic E-state index is -0.138. The van der Waals surface area contributed by atoms with Crippen LogP contribution < -0.4 is 5.32 Å². The first-order valence-corrected chi connectivity index (χ1v) is 6.67. The monoisotopic (exact) mass is 269 g/mol. The van der Waals surface area contributed by atoms with Crippen LogP contribution in [0.5, 0.6) is 0 Å². The number of hydrogen-bond acceptors (Lipinski definition) is 4. The first kappa shape index (κ1) is 11.8. The van der Waals surface area contributed by atoms with Crippen LogP contribution in [0, 0.1) is 6.92 Å². The predicted molar refractivity (Wildman–Crippen MR) is 76.5 cm³/mol. The van der Waals surface area contributed by atoms with Crippen molar-refractivity contribution in [3.05, 3.63) is 53.3 Å². The fourth-order valence-corrected chi connectivity index (χ4v) is 2.48. The summed E-state index contributed by atoms with van der Waals surface area (Å²) in [7, 11) is 0. The lowest BCUT2D eigenvalue weighted by Crippen LogP contribution is -2.11. The second-order valence-electron chi connectivity index (χ2n) is 4.17. The molecule has 0 atom stereocenters. The maximum Gasteiger partial charge on any atom is 0.255 e. The van der Waals surface area contributed by atoms with Gasteiger partial charge in [-0.3, -0.25) is 9.78 Å². The quantitative estimate of drug-likeness (QED) is 0.777. The Kier molecular flexibility index (Phi) is 2.97. The van der Waals surface area contributed by atoms with Gasteiger partial charge in [-0.15, -0.1) is 11.3 Å². The molecule has 0 aliphatic carbocycles. The number of carbonyl (C=O) groups is 1. The van der Waals surface area contributed by atoms with Crippen molar-refractivity contribution in [2.45, 2.75) is 6.92 Å². The highest BCUT2D eigenvalue weighted by atomic mass is 32.1. The number of benzene rings is 1. The van der Waals surface area contributed by atoms with Crippen LogP contribution in [0.3, 0.4) is 0 Å². The summed E-state index contributed by atoms with van der Waals surface area (Å²) in [5, 5.41) is 2.85. The van der Waals surface area contributed by atoms with Crippen molar-refractivity contribution in [2.24, 2.45) is 0 Å². The van der Waals surface area contributed by atoms with Crippen LogP contribution in [-0.2, 0) is 0 Å². The molecule has 3 rings (SSSR count). The van der Waals surface area contributed by atoms with Crippen molar-refractivity contribution in [2.75, 3.05) is 5.32 Å². The number of pyridine rings is 1. The van der Waals surface area contributed by atoms with E-state index in [0.717, 1.165) is 21.6 Å². The molecule has 0 unspecified atom stereocenters. The van der Waals surface area contributed by atoms with Gasteiger partial charge in [0.05, 0.1) is 15.7 Å². The molecular weight excluding hydrogens is 258 g/mol. The molecule has 5 heteroatoms. The van der Waals surface area contributed by atoms with Crippen LogP contribution in [0.2, 0.25) is 0 Å². The highest BCUT2D eigenvalue weighted by Gasteiger charge is 2.08. The number of nitrogens with zero attached hydrogens (tertiary/aromatic N) is 2. The summed E-state index contributed by atoms with van der Waals surface area (Å²) in [5.41, 5.74) is 4.85. The van der Waals surface area contributed by atoms with E-state index in [1.54, 1.807) is 35.2 Å². The van der Waals surface area contributed by atoms with Gasteiger partial charge in [0, 0.05) is 23.1 Å². The van der Waals surface area contributed by atoms with Crippen molar-refractivity contribution < 1.29 is 4.79 Å². The fourth-order valence-electron chi connectivity index (χ4n) is 1.83. The molecule has 19 heavy (non-hydrogen) atoms. The number of carbonyl (C=O) groups excluding carboxylic acids is 1. The average Bonchev–Trinajstić information content (AvgIpc) is 2.85. The van der Waals surface area contributed by atoms with Gasteiger partial charge in [-0.25, -0.2) is 4.98 Å². The third-order valence-corrected chi connectivity index (χ3v) is 3.56. The maximum atomic E-state index is 12.1. The number of anilines is 1. The van der Waals surface area contributed by atoms with E-state index >= 15 is 0 Å². The second-order valence-corrected chi connectivity index (χ2v) is 5.06. The Morgan fingerprint density at radius 2 is 2.11 bits per heavy atom. The van der Waals surface area contributed by atoms with E-state index in [1.165, 1.54) is 0 Å². The lowest BCUT2D eigenvalue weighted by atomic mass is 10.2. The summed E-state index contributed by atoms with van der Waals surface area (Å²) in [6, 6.07) is 9.13. The molecule has 1 amide bonds. The zero-order chi connectivity index (χ0) is 13.2. The van der Waals surface area contributed by atoms with Gasteiger partial charge in [-0.1, -0.05) is 0 Å². The number of hydrogen-bond donors (Lipinski definition) is 1. The Bertz CT molecular complexity index is 751. The molecule has 4 nitrogen and oxygen atoms in total. The maximum absolute atomic E-state index is 12.1. The SMILES string of the molecule is Cc1cc(NC(=O)c2ccc3scnc3c2)ccn1. The van der Waals surface area contributed by atoms with Crippen molar-refractivity contribution in [1.29, 1.82) is 0 Å². The number of thiazole rings is 1. The van der Waals surface area contributed by atoms with Gasteiger partial charge in [0.1, 0.15) is 0 Å². The molecular formula is C14H11N3OS. The van der Waals surface area contributed by atoms with Crippen LogP contribution in [0.4, 0.5) is 5.69 Å². The van der Waals surface area contributed by atoms with Crippen molar-refractivity contribution >= 4 is 33.1 Å². The molecule has 94 valence electrons. The van der Waals surface area contributed by atoms with Gasteiger partial charge >= 0.3 is 0 Å². The smallest absolute Gasteiger partial charge is 0.255 e. The summed E-state index contributed by atoms with van der Waals surface area (Å²) < 4.78 is 1.08. The minimum Gasteiger partial charge on any atom is -0.322 e. The van der Waals surface area contributed by atoms with Crippen LogP contribution in [0.1, 0.15) is 16.1 Å². The summed E-state index contributed by atoms with van der Waals surface area (Å²) in [5.74, 6) is -0.138. The van der Waals surface area contributed by atoms with Crippen LogP contribution in [-0.4, -0.2) is 15.9 Å². The molecule has 0 radical (unpaired) electrons. The number of nitrogens with one attached hydrogen (secondary N) is 1.